The molecule has 3 saturated carbocycles. The number of aliphatic carboxylic acids is 1. The third-order valence-electron chi connectivity index (χ3n) is 5.45. The standard InChI is InChI=1S/C13H20N2O3/c1-14-8-9-15(11(14)18)13-5-2-12(3-6-13,4-7-13)10(16)17/h2-9H2,1H3,(H,16,17). The van der Waals surface area contributed by atoms with E-state index in [0.29, 0.717) is 0 Å². The molecule has 0 spiro atoms. The first-order valence-corrected chi connectivity index (χ1v) is 6.75. The van der Waals surface area contributed by atoms with Crippen LogP contribution in [0.3, 0.4) is 0 Å². The van der Waals surface area contributed by atoms with Gasteiger partial charge in [0.25, 0.3) is 0 Å². The van der Waals surface area contributed by atoms with Crippen molar-refractivity contribution in [3.63, 3.8) is 0 Å². The summed E-state index contributed by atoms with van der Waals surface area (Å²) in [6.45, 7) is 1.60. The molecule has 5 heteroatoms. The number of amides is 2. The summed E-state index contributed by atoms with van der Waals surface area (Å²) in [5, 5.41) is 9.37. The number of carbonyl (C=O) groups is 2. The Balaban J connectivity index is 1.81. The van der Waals surface area contributed by atoms with Crippen molar-refractivity contribution >= 4 is 12.0 Å². The van der Waals surface area contributed by atoms with Gasteiger partial charge in [0.2, 0.25) is 0 Å². The maximum Gasteiger partial charge on any atom is 0.320 e. The van der Waals surface area contributed by atoms with Gasteiger partial charge in [0.05, 0.1) is 5.41 Å². The van der Waals surface area contributed by atoms with Crippen LogP contribution < -0.4 is 0 Å². The monoisotopic (exact) mass is 252 g/mol. The first kappa shape index (κ1) is 11.8. The molecule has 2 amide bonds. The molecule has 0 unspecified atom stereocenters. The van der Waals surface area contributed by atoms with Crippen LogP contribution in [0.2, 0.25) is 0 Å². The zero-order valence-corrected chi connectivity index (χ0v) is 10.8. The summed E-state index contributed by atoms with van der Waals surface area (Å²) >= 11 is 0. The highest BCUT2D eigenvalue weighted by Crippen LogP contribution is 2.55. The Kier molecular flexibility index (Phi) is 2.37. The Bertz CT molecular complexity index is 383. The number of hydrogen-bond acceptors (Lipinski definition) is 2. The normalized spacial score (nSPS) is 39.5. The number of carbonyl (C=O) groups excluding carboxylic acids is 1. The lowest BCUT2D eigenvalue weighted by atomic mass is 9.57. The van der Waals surface area contributed by atoms with E-state index >= 15 is 0 Å². The molecule has 5 nitrogen and oxygen atoms in total. The predicted octanol–water partition coefficient (Wildman–Crippen LogP) is 1.53. The van der Waals surface area contributed by atoms with Crippen LogP contribution in [0.15, 0.2) is 0 Å². The van der Waals surface area contributed by atoms with Crippen LogP contribution in [0, 0.1) is 5.41 Å². The van der Waals surface area contributed by atoms with Crippen LogP contribution in [-0.2, 0) is 4.79 Å². The molecule has 1 N–H and O–H groups in total. The topological polar surface area (TPSA) is 60.9 Å². The van der Waals surface area contributed by atoms with Crippen molar-refractivity contribution in [3.05, 3.63) is 0 Å². The largest absolute Gasteiger partial charge is 0.481 e. The minimum absolute atomic E-state index is 0.0426. The van der Waals surface area contributed by atoms with Gasteiger partial charge in [-0.05, 0) is 38.5 Å². The van der Waals surface area contributed by atoms with E-state index < -0.39 is 11.4 Å². The number of urea groups is 1. The van der Waals surface area contributed by atoms with Gasteiger partial charge in [-0.15, -0.1) is 0 Å². The Labute approximate surface area is 107 Å². The Morgan fingerprint density at radius 1 is 1.11 bits per heavy atom. The summed E-state index contributed by atoms with van der Waals surface area (Å²) in [4.78, 5) is 27.3. The number of fused-ring (bicyclic) bond motifs is 3. The molecule has 1 aliphatic heterocycles. The summed E-state index contributed by atoms with van der Waals surface area (Å²) in [6, 6.07) is 0.125. The first-order chi connectivity index (χ1) is 8.49. The van der Waals surface area contributed by atoms with Crippen molar-refractivity contribution in [2.75, 3.05) is 20.1 Å². The molecule has 2 bridgehead atoms. The zero-order valence-electron chi connectivity index (χ0n) is 10.8. The number of likely N-dealkylation sites (N-methyl/N-ethyl adjacent to an activating group) is 1. The fourth-order valence-electron chi connectivity index (χ4n) is 3.98. The Morgan fingerprint density at radius 2 is 1.67 bits per heavy atom. The van der Waals surface area contributed by atoms with Gasteiger partial charge in [0, 0.05) is 25.7 Å². The maximum absolute atomic E-state index is 12.1. The van der Waals surface area contributed by atoms with Gasteiger partial charge < -0.3 is 14.9 Å². The number of carboxylic acids is 1. The minimum Gasteiger partial charge on any atom is -0.481 e. The molecule has 4 rings (SSSR count). The fraction of sp³-hybridized carbons (Fsp3) is 0.846. The lowest BCUT2D eigenvalue weighted by molar-refractivity contribution is -0.158. The smallest absolute Gasteiger partial charge is 0.320 e. The molecule has 0 aromatic heterocycles. The summed E-state index contributed by atoms with van der Waals surface area (Å²) in [5.74, 6) is -0.638. The molecular formula is C13H20N2O3. The van der Waals surface area contributed by atoms with Crippen LogP contribution in [0.1, 0.15) is 38.5 Å². The van der Waals surface area contributed by atoms with Gasteiger partial charge in [-0.1, -0.05) is 0 Å². The lowest BCUT2D eigenvalue weighted by Gasteiger charge is -2.54. The quantitative estimate of drug-likeness (QED) is 0.810. The zero-order chi connectivity index (χ0) is 13.0. The van der Waals surface area contributed by atoms with E-state index in [4.69, 9.17) is 0 Å². The molecule has 18 heavy (non-hydrogen) atoms. The van der Waals surface area contributed by atoms with Crippen molar-refractivity contribution in [3.8, 4) is 0 Å². The SMILES string of the molecule is CN1CCN(C23CCC(C(=O)O)(CC2)CC3)C1=O. The van der Waals surface area contributed by atoms with Crippen molar-refractivity contribution in [2.45, 2.75) is 44.1 Å². The number of nitrogens with zero attached hydrogens (tertiary/aromatic N) is 2. The predicted molar refractivity (Wildman–Crippen MR) is 65.2 cm³/mol. The minimum atomic E-state index is -0.638. The highest BCUT2D eigenvalue weighted by atomic mass is 16.4. The Hall–Kier alpha value is -1.26. The Morgan fingerprint density at radius 3 is 2.06 bits per heavy atom. The first-order valence-electron chi connectivity index (χ1n) is 6.75. The van der Waals surface area contributed by atoms with Crippen LogP contribution in [0.4, 0.5) is 4.79 Å². The molecule has 0 aromatic rings. The summed E-state index contributed by atoms with van der Waals surface area (Å²) in [5.41, 5.74) is -0.532. The highest BCUT2D eigenvalue weighted by molar-refractivity contribution is 5.78. The maximum atomic E-state index is 12.1. The molecule has 3 aliphatic carbocycles. The third-order valence-corrected chi connectivity index (χ3v) is 5.45. The lowest BCUT2D eigenvalue weighted by Crippen LogP contribution is -2.59. The van der Waals surface area contributed by atoms with Gasteiger partial charge in [-0.25, -0.2) is 4.79 Å². The molecular weight excluding hydrogens is 232 g/mol. The average molecular weight is 252 g/mol. The van der Waals surface area contributed by atoms with Gasteiger partial charge in [-0.3, -0.25) is 4.79 Å². The molecule has 4 aliphatic rings. The van der Waals surface area contributed by atoms with Gasteiger partial charge in [-0.2, -0.15) is 0 Å². The fourth-order valence-corrected chi connectivity index (χ4v) is 3.98. The third kappa shape index (κ3) is 1.39. The summed E-state index contributed by atoms with van der Waals surface area (Å²) in [6.07, 6.45) is 4.78. The second kappa shape index (κ2) is 3.62. The van der Waals surface area contributed by atoms with Gasteiger partial charge in [0.15, 0.2) is 0 Å². The molecule has 1 heterocycles. The summed E-state index contributed by atoms with van der Waals surface area (Å²) in [7, 11) is 1.84. The number of hydrogen-bond donors (Lipinski definition) is 1. The van der Waals surface area contributed by atoms with E-state index in [-0.39, 0.29) is 11.6 Å². The van der Waals surface area contributed by atoms with E-state index in [9.17, 15) is 14.7 Å². The van der Waals surface area contributed by atoms with Crippen molar-refractivity contribution < 1.29 is 14.7 Å². The number of rotatable bonds is 2. The summed E-state index contributed by atoms with van der Waals surface area (Å²) < 4.78 is 0. The second-order valence-electron chi connectivity index (χ2n) is 6.17. The van der Waals surface area contributed by atoms with Crippen LogP contribution in [0.25, 0.3) is 0 Å². The molecule has 100 valence electrons. The van der Waals surface area contributed by atoms with Crippen LogP contribution in [-0.4, -0.2) is 52.6 Å². The van der Waals surface area contributed by atoms with E-state index in [1.165, 1.54) is 0 Å². The van der Waals surface area contributed by atoms with Crippen molar-refractivity contribution in [2.24, 2.45) is 5.41 Å². The van der Waals surface area contributed by atoms with E-state index in [2.05, 4.69) is 0 Å². The van der Waals surface area contributed by atoms with E-state index in [1.54, 1.807) is 4.90 Å². The number of carboxylic acid groups (broad SMARTS) is 1. The molecule has 0 atom stereocenters. The van der Waals surface area contributed by atoms with E-state index in [1.807, 2.05) is 11.9 Å². The van der Waals surface area contributed by atoms with Gasteiger partial charge >= 0.3 is 12.0 Å². The molecule has 0 radical (unpaired) electrons. The van der Waals surface area contributed by atoms with Crippen LogP contribution in [0.5, 0.6) is 0 Å². The average Bonchev–Trinajstić information content (AvgIpc) is 2.72. The molecule has 4 fully saturated rings. The van der Waals surface area contributed by atoms with E-state index in [0.717, 1.165) is 51.6 Å². The molecule has 0 aromatic carbocycles. The molecule has 1 saturated heterocycles. The van der Waals surface area contributed by atoms with Crippen molar-refractivity contribution in [1.82, 2.24) is 9.80 Å². The highest BCUT2D eigenvalue weighted by Gasteiger charge is 2.56. The van der Waals surface area contributed by atoms with Gasteiger partial charge in [0.1, 0.15) is 0 Å². The van der Waals surface area contributed by atoms with Crippen molar-refractivity contribution in [1.29, 1.82) is 0 Å². The van der Waals surface area contributed by atoms with Crippen LogP contribution >= 0.6 is 0 Å². The second-order valence-corrected chi connectivity index (χ2v) is 6.17.